The summed E-state index contributed by atoms with van der Waals surface area (Å²) in [6.45, 7) is 0.558. The van der Waals surface area contributed by atoms with Crippen LogP contribution >= 0.6 is 23.2 Å². The average Bonchev–Trinajstić information content (AvgIpc) is 3.16. The van der Waals surface area contributed by atoms with E-state index in [1.165, 1.54) is 6.20 Å². The van der Waals surface area contributed by atoms with Crippen molar-refractivity contribution in [2.45, 2.75) is 0 Å². The maximum atomic E-state index is 12.2. The maximum absolute atomic E-state index is 12.2. The molecule has 138 valence electrons. The molecule has 8 heteroatoms. The number of rotatable bonds is 6. The van der Waals surface area contributed by atoms with Crippen molar-refractivity contribution in [1.29, 1.82) is 0 Å². The smallest absolute Gasteiger partial charge is 0.254 e. The topological polar surface area (TPSA) is 76.0 Å². The van der Waals surface area contributed by atoms with Gasteiger partial charge in [0.25, 0.3) is 11.8 Å². The van der Waals surface area contributed by atoms with Crippen LogP contribution in [-0.4, -0.2) is 34.7 Å². The second kappa shape index (κ2) is 8.70. The summed E-state index contributed by atoms with van der Waals surface area (Å²) in [6.07, 6.45) is 3.10. The molecular weight excluding hydrogens is 387 g/mol. The lowest BCUT2D eigenvalue weighted by atomic mass is 10.2. The number of hydrogen-bond donors (Lipinski definition) is 2. The molecule has 0 atom stereocenters. The first-order valence-corrected chi connectivity index (χ1v) is 8.92. The van der Waals surface area contributed by atoms with Gasteiger partial charge in [0.1, 0.15) is 0 Å². The zero-order valence-corrected chi connectivity index (χ0v) is 15.7. The minimum absolute atomic E-state index is 0.276. The van der Waals surface area contributed by atoms with Gasteiger partial charge in [-0.15, -0.1) is 0 Å². The minimum Gasteiger partial charge on any atom is -0.350 e. The molecule has 2 amide bonds. The Morgan fingerprint density at radius 3 is 2.30 bits per heavy atom. The Labute approximate surface area is 166 Å². The normalized spacial score (nSPS) is 10.4. The van der Waals surface area contributed by atoms with Gasteiger partial charge in [-0.25, -0.2) is 4.68 Å². The fourth-order valence-electron chi connectivity index (χ4n) is 2.37. The first kappa shape index (κ1) is 18.9. The van der Waals surface area contributed by atoms with E-state index < -0.39 is 0 Å². The summed E-state index contributed by atoms with van der Waals surface area (Å²) in [5.41, 5.74) is 1.61. The Bertz CT molecular complexity index is 954. The molecule has 0 aliphatic rings. The summed E-state index contributed by atoms with van der Waals surface area (Å²) in [5, 5.41) is 10.6. The molecule has 0 bridgehead atoms. The monoisotopic (exact) mass is 402 g/mol. The molecule has 2 aromatic carbocycles. The van der Waals surface area contributed by atoms with Crippen LogP contribution in [0.2, 0.25) is 10.0 Å². The average molecular weight is 403 g/mol. The third-order valence-electron chi connectivity index (χ3n) is 3.75. The Hall–Kier alpha value is -2.83. The van der Waals surface area contributed by atoms with Crippen LogP contribution in [0.3, 0.4) is 0 Å². The molecule has 0 aliphatic carbocycles. The van der Waals surface area contributed by atoms with Gasteiger partial charge in [0.2, 0.25) is 0 Å². The van der Waals surface area contributed by atoms with E-state index in [1.807, 2.05) is 0 Å². The molecule has 1 heterocycles. The summed E-state index contributed by atoms with van der Waals surface area (Å²) in [5.74, 6) is -0.562. The number of aromatic nitrogens is 2. The van der Waals surface area contributed by atoms with Crippen molar-refractivity contribution < 1.29 is 9.59 Å². The lowest BCUT2D eigenvalue weighted by molar-refractivity contribution is 0.0927. The van der Waals surface area contributed by atoms with E-state index in [1.54, 1.807) is 59.4 Å². The van der Waals surface area contributed by atoms with Crippen LogP contribution in [0.4, 0.5) is 0 Å². The fourth-order valence-corrected chi connectivity index (χ4v) is 2.72. The highest BCUT2D eigenvalue weighted by Crippen LogP contribution is 2.14. The third kappa shape index (κ3) is 4.87. The number of nitrogens with one attached hydrogen (secondary N) is 2. The molecule has 3 aromatic rings. The number of nitrogens with zero attached hydrogens (tertiary/aromatic N) is 2. The number of benzene rings is 2. The van der Waals surface area contributed by atoms with Crippen LogP contribution in [0, 0.1) is 0 Å². The first-order chi connectivity index (χ1) is 13.0. The van der Waals surface area contributed by atoms with Crippen molar-refractivity contribution in [3.63, 3.8) is 0 Å². The first-order valence-electron chi connectivity index (χ1n) is 8.16. The van der Waals surface area contributed by atoms with Gasteiger partial charge in [-0.05, 0) is 36.4 Å². The van der Waals surface area contributed by atoms with Gasteiger partial charge in [-0.3, -0.25) is 9.59 Å². The van der Waals surface area contributed by atoms with Gasteiger partial charge in [-0.1, -0.05) is 35.3 Å². The molecule has 3 rings (SSSR count). The summed E-state index contributed by atoms with van der Waals surface area (Å²) in [6, 6.07) is 13.9. The fraction of sp³-hybridized carbons (Fsp3) is 0.105. The lowest BCUT2D eigenvalue weighted by Crippen LogP contribution is -2.34. The van der Waals surface area contributed by atoms with Gasteiger partial charge in [0.05, 0.1) is 28.0 Å². The second-order valence-electron chi connectivity index (χ2n) is 5.64. The van der Waals surface area contributed by atoms with E-state index in [4.69, 9.17) is 23.2 Å². The Morgan fingerprint density at radius 2 is 1.59 bits per heavy atom. The van der Waals surface area contributed by atoms with Crippen molar-refractivity contribution in [2.75, 3.05) is 13.1 Å². The van der Waals surface area contributed by atoms with Gasteiger partial charge in [-0.2, -0.15) is 5.10 Å². The van der Waals surface area contributed by atoms with E-state index in [2.05, 4.69) is 15.7 Å². The number of halogens is 2. The van der Waals surface area contributed by atoms with E-state index in [-0.39, 0.29) is 24.9 Å². The number of amides is 2. The molecule has 27 heavy (non-hydrogen) atoms. The quantitative estimate of drug-likeness (QED) is 0.620. The van der Waals surface area contributed by atoms with Crippen LogP contribution in [0.25, 0.3) is 5.69 Å². The molecule has 0 radical (unpaired) electrons. The van der Waals surface area contributed by atoms with Crippen LogP contribution in [0.1, 0.15) is 20.7 Å². The lowest BCUT2D eigenvalue weighted by Gasteiger charge is -2.07. The molecule has 0 saturated carbocycles. The minimum atomic E-state index is -0.287. The molecule has 0 aliphatic heterocycles. The SMILES string of the molecule is O=C(NCCNC(=O)c1ccccc1Cl)c1cnn(-c2ccc(Cl)cc2)c1. The number of carbonyl (C=O) groups is 2. The van der Waals surface area contributed by atoms with Crippen LogP contribution in [-0.2, 0) is 0 Å². The van der Waals surface area contributed by atoms with Crippen molar-refractivity contribution in [1.82, 2.24) is 20.4 Å². The van der Waals surface area contributed by atoms with Gasteiger partial charge >= 0.3 is 0 Å². The molecule has 0 fully saturated rings. The summed E-state index contributed by atoms with van der Waals surface area (Å²) >= 11 is 11.8. The summed E-state index contributed by atoms with van der Waals surface area (Å²) in [4.78, 5) is 24.2. The van der Waals surface area contributed by atoms with Gasteiger partial charge in [0.15, 0.2) is 0 Å². The molecule has 2 N–H and O–H groups in total. The molecule has 0 unspecified atom stereocenters. The second-order valence-corrected chi connectivity index (χ2v) is 6.49. The number of carbonyl (C=O) groups excluding carboxylic acids is 2. The van der Waals surface area contributed by atoms with Gasteiger partial charge in [0, 0.05) is 24.3 Å². The van der Waals surface area contributed by atoms with Crippen molar-refractivity contribution >= 4 is 35.0 Å². The maximum Gasteiger partial charge on any atom is 0.254 e. The standard InChI is InChI=1S/C19H16Cl2N4O2/c20-14-5-7-15(8-6-14)25-12-13(11-24-25)18(26)22-9-10-23-19(27)16-3-1-2-4-17(16)21/h1-8,11-12H,9-10H2,(H,22,26)(H,23,27). The Kier molecular flexibility index (Phi) is 6.11. The Morgan fingerprint density at radius 1 is 0.926 bits per heavy atom. The molecule has 0 spiro atoms. The van der Waals surface area contributed by atoms with Crippen molar-refractivity contribution in [2.24, 2.45) is 0 Å². The highest BCUT2D eigenvalue weighted by molar-refractivity contribution is 6.33. The van der Waals surface area contributed by atoms with Crippen LogP contribution < -0.4 is 10.6 Å². The summed E-state index contributed by atoms with van der Waals surface area (Å²) < 4.78 is 1.59. The molecule has 6 nitrogen and oxygen atoms in total. The highest BCUT2D eigenvalue weighted by Gasteiger charge is 2.11. The van der Waals surface area contributed by atoms with E-state index in [0.717, 1.165) is 5.69 Å². The summed E-state index contributed by atoms with van der Waals surface area (Å²) in [7, 11) is 0. The third-order valence-corrected chi connectivity index (χ3v) is 4.33. The predicted octanol–water partition coefficient (Wildman–Crippen LogP) is 3.34. The van der Waals surface area contributed by atoms with Gasteiger partial charge < -0.3 is 10.6 Å². The van der Waals surface area contributed by atoms with Crippen molar-refractivity contribution in [3.05, 3.63) is 82.1 Å². The van der Waals surface area contributed by atoms with E-state index in [0.29, 0.717) is 21.2 Å². The zero-order chi connectivity index (χ0) is 19.2. The van der Waals surface area contributed by atoms with Crippen LogP contribution in [0.15, 0.2) is 60.9 Å². The molecule has 0 saturated heterocycles. The Balaban J connectivity index is 1.49. The zero-order valence-electron chi connectivity index (χ0n) is 14.2. The number of hydrogen-bond acceptors (Lipinski definition) is 3. The molecular formula is C19H16Cl2N4O2. The van der Waals surface area contributed by atoms with E-state index in [9.17, 15) is 9.59 Å². The predicted molar refractivity (Wildman–Crippen MR) is 105 cm³/mol. The largest absolute Gasteiger partial charge is 0.350 e. The van der Waals surface area contributed by atoms with Crippen molar-refractivity contribution in [3.8, 4) is 5.69 Å². The molecule has 1 aromatic heterocycles. The van der Waals surface area contributed by atoms with E-state index >= 15 is 0 Å². The van der Waals surface area contributed by atoms with Crippen LogP contribution in [0.5, 0.6) is 0 Å². The highest BCUT2D eigenvalue weighted by atomic mass is 35.5.